The largest absolute Gasteiger partial charge is 0.394 e. The highest BCUT2D eigenvalue weighted by molar-refractivity contribution is 6.00. The minimum Gasteiger partial charge on any atom is -0.394 e. The molecule has 4 rings (SSSR count). The second-order valence-corrected chi connectivity index (χ2v) is 7.26. The number of H-pyrrole nitrogens is 1. The number of nitrogens with zero attached hydrogens (tertiary/aromatic N) is 2. The molecule has 0 fully saturated rings. The zero-order valence-electron chi connectivity index (χ0n) is 15.0. The molecule has 0 saturated heterocycles. The van der Waals surface area contributed by atoms with Crippen LogP contribution in [0.2, 0.25) is 0 Å². The molecule has 0 saturated carbocycles. The highest BCUT2D eigenvalue weighted by Crippen LogP contribution is 2.31. The van der Waals surface area contributed by atoms with E-state index in [1.54, 1.807) is 0 Å². The number of hydrogen-bond acceptors (Lipinski definition) is 5. The van der Waals surface area contributed by atoms with Gasteiger partial charge in [-0.1, -0.05) is 12.1 Å². The van der Waals surface area contributed by atoms with Crippen LogP contribution in [0.1, 0.15) is 35.6 Å². The fourth-order valence-electron chi connectivity index (χ4n) is 3.11. The predicted octanol–water partition coefficient (Wildman–Crippen LogP) is 2.36. The lowest BCUT2D eigenvalue weighted by Gasteiger charge is -2.25. The maximum atomic E-state index is 11.9. The number of amides is 1. The monoisotopic (exact) mass is 351 g/mol. The second-order valence-electron chi connectivity index (χ2n) is 7.26. The van der Waals surface area contributed by atoms with Crippen LogP contribution in [0.3, 0.4) is 0 Å². The molecule has 1 aromatic carbocycles. The molecule has 3 heterocycles. The molecule has 0 radical (unpaired) electrons. The third-order valence-corrected chi connectivity index (χ3v) is 4.58. The molecule has 1 amide bonds. The van der Waals surface area contributed by atoms with E-state index in [2.05, 4.69) is 20.6 Å². The number of aliphatic hydroxyl groups excluding tert-OH is 1. The summed E-state index contributed by atoms with van der Waals surface area (Å²) in [5, 5.41) is 15.6. The number of aliphatic hydroxyl groups is 1. The minimum atomic E-state index is -0.506. The van der Waals surface area contributed by atoms with Crippen LogP contribution >= 0.6 is 0 Å². The summed E-state index contributed by atoms with van der Waals surface area (Å²) in [6, 6.07) is 7.68. The molecule has 3 aromatic rings. The number of para-hydroxylation sites is 1. The lowest BCUT2D eigenvalue weighted by molar-refractivity contribution is 0.0965. The number of carbonyl (C=O) groups excluding carboxylic acids is 1. The summed E-state index contributed by atoms with van der Waals surface area (Å²) >= 11 is 0. The van der Waals surface area contributed by atoms with Gasteiger partial charge in [0.25, 0.3) is 5.91 Å². The molecular formula is C19H21N5O2. The second kappa shape index (κ2) is 5.81. The molecule has 0 bridgehead atoms. The van der Waals surface area contributed by atoms with Crippen LogP contribution in [-0.4, -0.2) is 38.1 Å². The highest BCUT2D eigenvalue weighted by atomic mass is 16.3. The molecule has 2 aromatic heterocycles. The number of aryl methyl sites for hydroxylation is 1. The van der Waals surface area contributed by atoms with Crippen molar-refractivity contribution in [2.45, 2.75) is 32.9 Å². The first-order chi connectivity index (χ1) is 12.4. The number of benzene rings is 1. The van der Waals surface area contributed by atoms with Crippen molar-refractivity contribution in [2.75, 3.05) is 11.9 Å². The third-order valence-electron chi connectivity index (χ3n) is 4.58. The fraction of sp³-hybridized carbons (Fsp3) is 0.316. The predicted molar refractivity (Wildman–Crippen MR) is 100 cm³/mol. The first-order valence-electron chi connectivity index (χ1n) is 8.55. The third kappa shape index (κ3) is 2.70. The van der Waals surface area contributed by atoms with Crippen LogP contribution in [-0.2, 0) is 6.54 Å². The summed E-state index contributed by atoms with van der Waals surface area (Å²) in [5.74, 6) is 0.581. The smallest absolute Gasteiger partial charge is 0.253 e. The summed E-state index contributed by atoms with van der Waals surface area (Å²) in [6.45, 7) is 6.19. The number of carbonyl (C=O) groups is 1. The Morgan fingerprint density at radius 3 is 2.81 bits per heavy atom. The number of hydrogen-bond donors (Lipinski definition) is 4. The lowest BCUT2D eigenvalue weighted by atomic mass is 10.1. The summed E-state index contributed by atoms with van der Waals surface area (Å²) < 4.78 is 0. The number of anilines is 1. The van der Waals surface area contributed by atoms with Crippen LogP contribution in [0.25, 0.3) is 22.3 Å². The Balaban J connectivity index is 1.85. The van der Waals surface area contributed by atoms with Crippen molar-refractivity contribution in [2.24, 2.45) is 0 Å². The Hall–Kier alpha value is -2.93. The Kier molecular flexibility index (Phi) is 3.69. The van der Waals surface area contributed by atoms with E-state index in [0.29, 0.717) is 17.9 Å². The molecule has 0 unspecified atom stereocenters. The molecule has 26 heavy (non-hydrogen) atoms. The average molecular weight is 351 g/mol. The molecule has 134 valence electrons. The fourth-order valence-corrected chi connectivity index (χ4v) is 3.11. The Morgan fingerprint density at radius 2 is 2.08 bits per heavy atom. The van der Waals surface area contributed by atoms with Gasteiger partial charge in [0.15, 0.2) is 0 Å². The van der Waals surface area contributed by atoms with Gasteiger partial charge in [-0.05, 0) is 32.9 Å². The van der Waals surface area contributed by atoms with Crippen LogP contribution < -0.4 is 10.6 Å². The summed E-state index contributed by atoms with van der Waals surface area (Å²) in [5.41, 5.74) is 5.10. The molecule has 0 atom stereocenters. The molecule has 4 N–H and O–H groups in total. The average Bonchev–Trinajstić information content (AvgIpc) is 3.17. The number of aromatic nitrogens is 3. The number of aromatic amines is 1. The van der Waals surface area contributed by atoms with Crippen LogP contribution in [0.4, 0.5) is 5.82 Å². The zero-order chi connectivity index (χ0) is 18.5. The molecule has 1 aliphatic rings. The van der Waals surface area contributed by atoms with Gasteiger partial charge in [-0.2, -0.15) is 0 Å². The van der Waals surface area contributed by atoms with Crippen molar-refractivity contribution in [3.05, 3.63) is 41.2 Å². The maximum absolute atomic E-state index is 11.9. The van der Waals surface area contributed by atoms with Gasteiger partial charge < -0.3 is 20.7 Å². The first-order valence-corrected chi connectivity index (χ1v) is 8.55. The first kappa shape index (κ1) is 16.5. The Morgan fingerprint density at radius 1 is 1.27 bits per heavy atom. The summed E-state index contributed by atoms with van der Waals surface area (Å²) in [7, 11) is 0. The summed E-state index contributed by atoms with van der Waals surface area (Å²) in [6.07, 6.45) is 0. The lowest BCUT2D eigenvalue weighted by Crippen LogP contribution is -2.35. The van der Waals surface area contributed by atoms with Gasteiger partial charge in [-0.3, -0.25) is 4.79 Å². The van der Waals surface area contributed by atoms with Gasteiger partial charge in [0.1, 0.15) is 11.3 Å². The van der Waals surface area contributed by atoms with Crippen molar-refractivity contribution < 1.29 is 9.90 Å². The normalized spacial score (nSPS) is 13.8. The summed E-state index contributed by atoms with van der Waals surface area (Å²) in [4.78, 5) is 24.6. The molecular weight excluding hydrogens is 330 g/mol. The van der Waals surface area contributed by atoms with Crippen molar-refractivity contribution in [3.63, 3.8) is 0 Å². The van der Waals surface area contributed by atoms with Gasteiger partial charge in [0, 0.05) is 17.0 Å². The van der Waals surface area contributed by atoms with Gasteiger partial charge >= 0.3 is 0 Å². The zero-order valence-corrected chi connectivity index (χ0v) is 15.0. The highest BCUT2D eigenvalue weighted by Gasteiger charge is 2.23. The van der Waals surface area contributed by atoms with E-state index in [9.17, 15) is 9.90 Å². The molecule has 7 heteroatoms. The van der Waals surface area contributed by atoms with E-state index < -0.39 is 5.54 Å². The van der Waals surface area contributed by atoms with E-state index in [1.807, 2.05) is 45.0 Å². The molecule has 7 nitrogen and oxygen atoms in total. The van der Waals surface area contributed by atoms with Gasteiger partial charge in [-0.15, -0.1) is 0 Å². The van der Waals surface area contributed by atoms with Crippen LogP contribution in [0.15, 0.2) is 24.3 Å². The van der Waals surface area contributed by atoms with E-state index in [-0.39, 0.29) is 12.5 Å². The van der Waals surface area contributed by atoms with E-state index in [1.165, 1.54) is 0 Å². The van der Waals surface area contributed by atoms with E-state index >= 15 is 0 Å². The minimum absolute atomic E-state index is 0.0216. The van der Waals surface area contributed by atoms with Crippen molar-refractivity contribution in [1.29, 1.82) is 0 Å². The SMILES string of the molecule is Cc1nc2cccc(-c3cc4c([nH]3)CNC4=O)c2nc1NC(C)(C)CO. The Bertz CT molecular complexity index is 1020. The topological polar surface area (TPSA) is 103 Å². The van der Waals surface area contributed by atoms with Gasteiger partial charge in [0.05, 0.1) is 35.5 Å². The van der Waals surface area contributed by atoms with E-state index in [0.717, 1.165) is 33.7 Å². The van der Waals surface area contributed by atoms with Crippen molar-refractivity contribution >= 4 is 22.8 Å². The molecule has 0 aliphatic carbocycles. The maximum Gasteiger partial charge on any atom is 0.253 e. The van der Waals surface area contributed by atoms with Crippen molar-refractivity contribution in [1.82, 2.24) is 20.3 Å². The number of rotatable bonds is 4. The standard InChI is InChI=1S/C19H21N5O2/c1-10-17(24-19(2,3)9-25)23-16-11(5-4-6-13(16)21-10)14-7-12-15(22-14)8-20-18(12)26/h4-7,22,25H,8-9H2,1-3H3,(H,20,26)(H,23,24). The molecule has 1 aliphatic heterocycles. The van der Waals surface area contributed by atoms with E-state index in [4.69, 9.17) is 4.98 Å². The van der Waals surface area contributed by atoms with Crippen molar-refractivity contribution in [3.8, 4) is 11.3 Å². The van der Waals surface area contributed by atoms with Gasteiger partial charge in [-0.25, -0.2) is 9.97 Å². The van der Waals surface area contributed by atoms with Crippen LogP contribution in [0.5, 0.6) is 0 Å². The molecule has 0 spiro atoms. The Labute approximate surface area is 150 Å². The van der Waals surface area contributed by atoms with Gasteiger partial charge in [0.2, 0.25) is 0 Å². The number of fused-ring (bicyclic) bond motifs is 2. The quantitative estimate of drug-likeness (QED) is 0.578. The number of nitrogens with one attached hydrogen (secondary N) is 3. The van der Waals surface area contributed by atoms with Crippen LogP contribution in [0, 0.1) is 6.92 Å².